The van der Waals surface area contributed by atoms with Crippen molar-refractivity contribution in [2.24, 2.45) is 10.2 Å². The highest BCUT2D eigenvalue weighted by molar-refractivity contribution is 5.95. The lowest BCUT2D eigenvalue weighted by Crippen LogP contribution is -2.13. The van der Waals surface area contributed by atoms with Gasteiger partial charge in [0.2, 0.25) is 0 Å². The fourth-order valence-electron chi connectivity index (χ4n) is 3.42. The Morgan fingerprint density at radius 3 is 1.82 bits per heavy atom. The summed E-state index contributed by atoms with van der Waals surface area (Å²) in [4.78, 5) is 15.2. The molecular weight excluding hydrogens is 410 g/mol. The number of carbonyl (C=O) groups is 1. The van der Waals surface area contributed by atoms with E-state index in [-0.39, 0.29) is 0 Å². The van der Waals surface area contributed by atoms with Gasteiger partial charge in [-0.1, -0.05) is 72.8 Å². The molecule has 0 aliphatic carbocycles. The van der Waals surface area contributed by atoms with Crippen LogP contribution in [-0.4, -0.2) is 20.1 Å². The number of benzene rings is 4. The first-order valence-corrected chi connectivity index (χ1v) is 10.7. The van der Waals surface area contributed by atoms with Crippen LogP contribution in [0.1, 0.15) is 27.6 Å². The van der Waals surface area contributed by atoms with E-state index in [0.29, 0.717) is 16.9 Å². The zero-order valence-corrected chi connectivity index (χ0v) is 18.6. The van der Waals surface area contributed by atoms with Crippen LogP contribution >= 0.6 is 0 Å². The smallest absolute Gasteiger partial charge is 0.341 e. The van der Waals surface area contributed by atoms with E-state index < -0.39 is 12.1 Å². The van der Waals surface area contributed by atoms with Crippen LogP contribution in [-0.2, 0) is 4.74 Å². The summed E-state index contributed by atoms with van der Waals surface area (Å²) in [7, 11) is 3.97. The van der Waals surface area contributed by atoms with Gasteiger partial charge in [-0.2, -0.15) is 5.11 Å². The van der Waals surface area contributed by atoms with Crippen molar-refractivity contribution in [2.45, 2.75) is 6.10 Å². The molecule has 0 atom stereocenters. The van der Waals surface area contributed by atoms with Crippen molar-refractivity contribution in [2.75, 3.05) is 19.0 Å². The van der Waals surface area contributed by atoms with Crippen molar-refractivity contribution in [3.05, 3.63) is 126 Å². The molecule has 0 bridgehead atoms. The van der Waals surface area contributed by atoms with Gasteiger partial charge in [0.05, 0.1) is 11.3 Å². The Balaban J connectivity index is 1.59. The lowest BCUT2D eigenvalue weighted by atomic mass is 10.0. The Morgan fingerprint density at radius 2 is 1.24 bits per heavy atom. The van der Waals surface area contributed by atoms with Gasteiger partial charge in [-0.25, -0.2) is 4.79 Å². The standard InChI is InChI=1S/C28H25N3O2/c1-31(2)24-19-17-23(18-20-24)29-30-26-16-10-9-15-25(26)28(32)33-27(21-11-5-3-6-12-21)22-13-7-4-8-14-22/h3-20,27H,1-2H3. The number of rotatable bonds is 7. The largest absolute Gasteiger partial charge is 0.449 e. The number of esters is 1. The first kappa shape index (κ1) is 22.0. The summed E-state index contributed by atoms with van der Waals surface area (Å²) in [5.74, 6) is -0.454. The predicted octanol–water partition coefficient (Wildman–Crippen LogP) is 7.11. The Morgan fingerprint density at radius 1 is 0.697 bits per heavy atom. The van der Waals surface area contributed by atoms with Crippen LogP contribution in [0, 0.1) is 0 Å². The number of hydrogen-bond donors (Lipinski definition) is 0. The zero-order chi connectivity index (χ0) is 23.0. The molecule has 0 fully saturated rings. The van der Waals surface area contributed by atoms with Crippen molar-refractivity contribution in [3.63, 3.8) is 0 Å². The zero-order valence-electron chi connectivity index (χ0n) is 18.6. The second kappa shape index (κ2) is 10.4. The van der Waals surface area contributed by atoms with Crippen molar-refractivity contribution in [1.82, 2.24) is 0 Å². The van der Waals surface area contributed by atoms with Gasteiger partial charge in [-0.15, -0.1) is 5.11 Å². The fraction of sp³-hybridized carbons (Fsp3) is 0.107. The predicted molar refractivity (Wildman–Crippen MR) is 132 cm³/mol. The Hall–Kier alpha value is -4.25. The molecule has 164 valence electrons. The van der Waals surface area contributed by atoms with Crippen LogP contribution in [0.4, 0.5) is 17.1 Å². The minimum atomic E-state index is -0.525. The molecule has 0 aliphatic rings. The van der Waals surface area contributed by atoms with Crippen LogP contribution in [0.15, 0.2) is 119 Å². The Bertz CT molecular complexity index is 1180. The Kier molecular flexibility index (Phi) is 6.90. The third-order valence-electron chi connectivity index (χ3n) is 5.19. The van der Waals surface area contributed by atoms with E-state index in [4.69, 9.17) is 4.74 Å². The maximum atomic E-state index is 13.2. The van der Waals surface area contributed by atoms with E-state index in [1.807, 2.05) is 110 Å². The van der Waals surface area contributed by atoms with Crippen molar-refractivity contribution in [3.8, 4) is 0 Å². The van der Waals surface area contributed by atoms with Crippen molar-refractivity contribution >= 4 is 23.0 Å². The molecule has 4 aromatic rings. The monoisotopic (exact) mass is 435 g/mol. The first-order chi connectivity index (χ1) is 16.1. The van der Waals surface area contributed by atoms with E-state index >= 15 is 0 Å². The molecule has 0 aliphatic heterocycles. The molecule has 5 nitrogen and oxygen atoms in total. The molecule has 0 N–H and O–H groups in total. The molecule has 4 rings (SSSR count). The lowest BCUT2D eigenvalue weighted by Gasteiger charge is -2.19. The molecule has 0 radical (unpaired) electrons. The summed E-state index contributed by atoms with van der Waals surface area (Å²) in [5.41, 5.74) is 4.40. The molecule has 0 saturated carbocycles. The van der Waals surface area contributed by atoms with E-state index in [1.54, 1.807) is 18.2 Å². The van der Waals surface area contributed by atoms with E-state index in [9.17, 15) is 4.79 Å². The molecule has 0 unspecified atom stereocenters. The molecule has 0 heterocycles. The number of ether oxygens (including phenoxy) is 1. The molecule has 0 aromatic heterocycles. The molecule has 0 amide bonds. The van der Waals surface area contributed by atoms with Crippen LogP contribution in [0.25, 0.3) is 0 Å². The van der Waals surface area contributed by atoms with Crippen LogP contribution in [0.3, 0.4) is 0 Å². The average molecular weight is 436 g/mol. The normalized spacial score (nSPS) is 11.0. The lowest BCUT2D eigenvalue weighted by molar-refractivity contribution is 0.0379. The van der Waals surface area contributed by atoms with Gasteiger partial charge in [0.1, 0.15) is 5.69 Å². The van der Waals surface area contributed by atoms with Crippen molar-refractivity contribution in [1.29, 1.82) is 0 Å². The number of azo groups is 1. The quantitative estimate of drug-likeness (QED) is 0.229. The Labute approximate surface area is 194 Å². The fourth-order valence-corrected chi connectivity index (χ4v) is 3.42. The third-order valence-corrected chi connectivity index (χ3v) is 5.19. The van der Waals surface area contributed by atoms with Gasteiger partial charge in [0.25, 0.3) is 0 Å². The molecule has 0 saturated heterocycles. The maximum absolute atomic E-state index is 13.2. The maximum Gasteiger partial charge on any atom is 0.341 e. The number of hydrogen-bond acceptors (Lipinski definition) is 5. The number of carbonyl (C=O) groups excluding carboxylic acids is 1. The van der Waals surface area contributed by atoms with Gasteiger partial charge >= 0.3 is 5.97 Å². The van der Waals surface area contributed by atoms with E-state index in [0.717, 1.165) is 16.8 Å². The summed E-state index contributed by atoms with van der Waals surface area (Å²) in [6.45, 7) is 0. The summed E-state index contributed by atoms with van der Waals surface area (Å²) < 4.78 is 6.00. The molecule has 4 aromatic carbocycles. The van der Waals surface area contributed by atoms with E-state index in [1.165, 1.54) is 0 Å². The second-order valence-corrected chi connectivity index (χ2v) is 7.73. The van der Waals surface area contributed by atoms with Gasteiger partial charge in [-0.05, 0) is 47.5 Å². The van der Waals surface area contributed by atoms with Gasteiger partial charge in [0.15, 0.2) is 6.10 Å². The first-order valence-electron chi connectivity index (χ1n) is 10.7. The summed E-state index contributed by atoms with van der Waals surface area (Å²) in [6, 6.07) is 34.2. The molecule has 0 spiro atoms. The average Bonchev–Trinajstić information content (AvgIpc) is 2.87. The summed E-state index contributed by atoms with van der Waals surface area (Å²) >= 11 is 0. The second-order valence-electron chi connectivity index (χ2n) is 7.73. The SMILES string of the molecule is CN(C)c1ccc(N=Nc2ccccc2C(=O)OC(c2ccccc2)c2ccccc2)cc1. The van der Waals surface area contributed by atoms with Crippen LogP contribution < -0.4 is 4.90 Å². The van der Waals surface area contributed by atoms with Gasteiger partial charge < -0.3 is 9.64 Å². The van der Waals surface area contributed by atoms with Crippen molar-refractivity contribution < 1.29 is 9.53 Å². The highest BCUT2D eigenvalue weighted by Gasteiger charge is 2.21. The summed E-state index contributed by atoms with van der Waals surface area (Å²) in [6.07, 6.45) is -0.525. The highest BCUT2D eigenvalue weighted by atomic mass is 16.5. The molecule has 5 heteroatoms. The van der Waals surface area contributed by atoms with E-state index in [2.05, 4.69) is 10.2 Å². The third kappa shape index (κ3) is 5.52. The highest BCUT2D eigenvalue weighted by Crippen LogP contribution is 2.30. The molecule has 33 heavy (non-hydrogen) atoms. The summed E-state index contributed by atoms with van der Waals surface area (Å²) in [5, 5.41) is 8.65. The number of anilines is 1. The minimum absolute atomic E-state index is 0.364. The van der Waals surface area contributed by atoms with Gasteiger partial charge in [-0.3, -0.25) is 0 Å². The topological polar surface area (TPSA) is 54.3 Å². The van der Waals surface area contributed by atoms with Crippen LogP contribution in [0.2, 0.25) is 0 Å². The van der Waals surface area contributed by atoms with Crippen LogP contribution in [0.5, 0.6) is 0 Å². The molecular formula is C28H25N3O2. The minimum Gasteiger partial charge on any atom is -0.449 e. The number of nitrogens with zero attached hydrogens (tertiary/aromatic N) is 3. The van der Waals surface area contributed by atoms with Gasteiger partial charge in [0, 0.05) is 19.8 Å².